The highest BCUT2D eigenvalue weighted by Crippen LogP contribution is 2.37. The zero-order valence-electron chi connectivity index (χ0n) is 14.6. The van der Waals surface area contributed by atoms with Gasteiger partial charge in [0.1, 0.15) is 6.04 Å². The van der Waals surface area contributed by atoms with E-state index in [1.807, 2.05) is 13.8 Å². The zero-order chi connectivity index (χ0) is 19.1. The molecular formula is C18H19N3O4S. The van der Waals surface area contributed by atoms with Gasteiger partial charge < -0.3 is 5.32 Å². The first-order valence-corrected chi connectivity index (χ1v) is 9.98. The number of pyridine rings is 1. The number of nitrogens with one attached hydrogen (secondary N) is 1. The Kier molecular flexibility index (Phi) is 4.53. The van der Waals surface area contributed by atoms with Crippen molar-refractivity contribution >= 4 is 33.0 Å². The molecule has 2 heterocycles. The number of carbonyl (C=O) groups excluding carboxylic acids is 2. The molecule has 7 nitrogen and oxygen atoms in total. The van der Waals surface area contributed by atoms with Crippen LogP contribution in [-0.2, 0) is 14.6 Å². The van der Waals surface area contributed by atoms with Gasteiger partial charge in [-0.3, -0.25) is 19.5 Å². The number of nitrogens with zero attached hydrogens (tertiary/aromatic N) is 2. The van der Waals surface area contributed by atoms with Crippen molar-refractivity contribution in [3.63, 3.8) is 0 Å². The summed E-state index contributed by atoms with van der Waals surface area (Å²) in [4.78, 5) is 31.2. The average molecular weight is 373 g/mol. The summed E-state index contributed by atoms with van der Waals surface area (Å²) in [6.07, 6.45) is 4.11. The third kappa shape index (κ3) is 3.20. The number of rotatable bonds is 3. The maximum atomic E-state index is 13.1. The number of fused-ring (bicyclic) bond motifs is 1. The lowest BCUT2D eigenvalue weighted by Gasteiger charge is -2.38. The standard InChI is InChI=1S/C18H19N3O4S/c1-11(2)16-17(22)20-14-10-13(26(3,24)25)4-5-15(14)21(16)18(23)12-6-8-19-9-7-12/h4-11,16H,1-3H3,(H,20,22). The molecule has 1 aliphatic rings. The van der Waals surface area contributed by atoms with Crippen LogP contribution in [0.4, 0.5) is 11.4 Å². The van der Waals surface area contributed by atoms with E-state index < -0.39 is 15.9 Å². The first kappa shape index (κ1) is 18.1. The smallest absolute Gasteiger partial charge is 0.259 e. The van der Waals surface area contributed by atoms with E-state index >= 15 is 0 Å². The van der Waals surface area contributed by atoms with Crippen LogP contribution in [-0.4, -0.2) is 37.5 Å². The highest BCUT2D eigenvalue weighted by atomic mass is 32.2. The van der Waals surface area contributed by atoms with E-state index in [1.54, 1.807) is 18.2 Å². The molecule has 1 atom stereocenters. The molecule has 0 saturated heterocycles. The van der Waals surface area contributed by atoms with Crippen LogP contribution in [0.2, 0.25) is 0 Å². The highest BCUT2D eigenvalue weighted by molar-refractivity contribution is 7.90. The van der Waals surface area contributed by atoms with Gasteiger partial charge in [-0.25, -0.2) is 8.42 Å². The first-order valence-electron chi connectivity index (χ1n) is 8.08. The molecule has 0 bridgehead atoms. The summed E-state index contributed by atoms with van der Waals surface area (Å²) in [5, 5.41) is 2.73. The van der Waals surface area contributed by atoms with Crippen molar-refractivity contribution in [2.24, 2.45) is 5.92 Å². The molecule has 0 spiro atoms. The molecular weight excluding hydrogens is 354 g/mol. The SMILES string of the molecule is CC(C)C1C(=O)Nc2cc(S(C)(=O)=O)ccc2N1C(=O)c1ccncc1. The highest BCUT2D eigenvalue weighted by Gasteiger charge is 2.39. The molecule has 1 aromatic carbocycles. The van der Waals surface area contributed by atoms with E-state index in [2.05, 4.69) is 10.3 Å². The number of hydrogen-bond acceptors (Lipinski definition) is 5. The van der Waals surface area contributed by atoms with Gasteiger partial charge in [-0.15, -0.1) is 0 Å². The van der Waals surface area contributed by atoms with E-state index in [1.165, 1.54) is 29.4 Å². The molecule has 1 N–H and O–H groups in total. The molecule has 26 heavy (non-hydrogen) atoms. The van der Waals surface area contributed by atoms with Gasteiger partial charge in [0.15, 0.2) is 9.84 Å². The van der Waals surface area contributed by atoms with Gasteiger partial charge in [0, 0.05) is 24.2 Å². The quantitative estimate of drug-likeness (QED) is 0.889. The predicted octanol–water partition coefficient (Wildman–Crippen LogP) is 2.11. The maximum absolute atomic E-state index is 13.1. The summed E-state index contributed by atoms with van der Waals surface area (Å²) in [7, 11) is -3.44. The summed E-state index contributed by atoms with van der Waals surface area (Å²) >= 11 is 0. The Morgan fingerprint density at radius 2 is 1.85 bits per heavy atom. The van der Waals surface area contributed by atoms with Crippen molar-refractivity contribution in [3.8, 4) is 0 Å². The molecule has 8 heteroatoms. The molecule has 0 fully saturated rings. The van der Waals surface area contributed by atoms with Gasteiger partial charge in [-0.05, 0) is 36.2 Å². The second kappa shape index (κ2) is 6.53. The van der Waals surface area contributed by atoms with Crippen LogP contribution >= 0.6 is 0 Å². The van der Waals surface area contributed by atoms with Crippen LogP contribution in [0.5, 0.6) is 0 Å². The minimum Gasteiger partial charge on any atom is -0.322 e. The monoisotopic (exact) mass is 373 g/mol. The molecule has 0 aliphatic carbocycles. The van der Waals surface area contributed by atoms with E-state index in [9.17, 15) is 18.0 Å². The lowest BCUT2D eigenvalue weighted by atomic mass is 9.96. The summed E-state index contributed by atoms with van der Waals surface area (Å²) in [6.45, 7) is 3.71. The number of benzene rings is 1. The summed E-state index contributed by atoms with van der Waals surface area (Å²) in [6, 6.07) is 6.84. The van der Waals surface area contributed by atoms with Crippen LogP contribution in [0.3, 0.4) is 0 Å². The fourth-order valence-corrected chi connectivity index (χ4v) is 3.65. The predicted molar refractivity (Wildman–Crippen MR) is 97.9 cm³/mol. The summed E-state index contributed by atoms with van der Waals surface area (Å²) in [5.41, 5.74) is 1.17. The largest absolute Gasteiger partial charge is 0.322 e. The van der Waals surface area contributed by atoms with Crippen LogP contribution < -0.4 is 10.2 Å². The Balaban J connectivity index is 2.17. The van der Waals surface area contributed by atoms with Crippen molar-refractivity contribution in [2.45, 2.75) is 24.8 Å². The summed E-state index contributed by atoms with van der Waals surface area (Å²) < 4.78 is 23.6. The number of amides is 2. The van der Waals surface area contributed by atoms with Crippen molar-refractivity contribution in [1.82, 2.24) is 4.98 Å². The molecule has 1 unspecified atom stereocenters. The topological polar surface area (TPSA) is 96.4 Å². The Morgan fingerprint density at radius 3 is 2.42 bits per heavy atom. The van der Waals surface area contributed by atoms with E-state index in [4.69, 9.17) is 0 Å². The van der Waals surface area contributed by atoms with Crippen LogP contribution in [0.15, 0.2) is 47.6 Å². The summed E-state index contributed by atoms with van der Waals surface area (Å²) in [5.74, 6) is -0.821. The lowest BCUT2D eigenvalue weighted by Crippen LogP contribution is -2.53. The maximum Gasteiger partial charge on any atom is 0.259 e. The number of sulfone groups is 1. The molecule has 1 aromatic heterocycles. The fraction of sp³-hybridized carbons (Fsp3) is 0.278. The van der Waals surface area contributed by atoms with Gasteiger partial charge in [-0.1, -0.05) is 13.8 Å². The van der Waals surface area contributed by atoms with Gasteiger partial charge in [0.05, 0.1) is 16.3 Å². The second-order valence-electron chi connectivity index (χ2n) is 6.54. The number of anilines is 2. The molecule has 2 aromatic rings. The lowest BCUT2D eigenvalue weighted by molar-refractivity contribution is -0.118. The van der Waals surface area contributed by atoms with E-state index in [0.29, 0.717) is 16.9 Å². The average Bonchev–Trinajstić information content (AvgIpc) is 2.59. The van der Waals surface area contributed by atoms with E-state index in [-0.39, 0.29) is 22.6 Å². The number of carbonyl (C=O) groups is 2. The molecule has 136 valence electrons. The minimum atomic E-state index is -3.44. The molecule has 0 radical (unpaired) electrons. The van der Waals surface area contributed by atoms with Crippen molar-refractivity contribution < 1.29 is 18.0 Å². The van der Waals surface area contributed by atoms with Crippen molar-refractivity contribution in [2.75, 3.05) is 16.5 Å². The van der Waals surface area contributed by atoms with Crippen molar-refractivity contribution in [1.29, 1.82) is 0 Å². The zero-order valence-corrected chi connectivity index (χ0v) is 15.4. The normalized spacial score (nSPS) is 17.0. The number of hydrogen-bond donors (Lipinski definition) is 1. The Bertz CT molecular complexity index is 971. The molecule has 0 saturated carbocycles. The minimum absolute atomic E-state index is 0.0795. The van der Waals surface area contributed by atoms with Gasteiger partial charge in [0.2, 0.25) is 5.91 Å². The van der Waals surface area contributed by atoms with Gasteiger partial charge in [-0.2, -0.15) is 0 Å². The first-order chi connectivity index (χ1) is 12.2. The Labute approximate surface area is 152 Å². The third-order valence-electron chi connectivity index (χ3n) is 4.24. The van der Waals surface area contributed by atoms with Gasteiger partial charge in [0.25, 0.3) is 5.91 Å². The fourth-order valence-electron chi connectivity index (χ4n) is 3.00. The van der Waals surface area contributed by atoms with Crippen LogP contribution in [0, 0.1) is 5.92 Å². The third-order valence-corrected chi connectivity index (χ3v) is 5.35. The van der Waals surface area contributed by atoms with Gasteiger partial charge >= 0.3 is 0 Å². The molecule has 3 rings (SSSR count). The Morgan fingerprint density at radius 1 is 1.19 bits per heavy atom. The molecule has 1 aliphatic heterocycles. The van der Waals surface area contributed by atoms with E-state index in [0.717, 1.165) is 6.26 Å². The number of aromatic nitrogens is 1. The molecule has 2 amide bonds. The van der Waals surface area contributed by atoms with Crippen molar-refractivity contribution in [3.05, 3.63) is 48.3 Å². The Hall–Kier alpha value is -2.74. The second-order valence-corrected chi connectivity index (χ2v) is 8.56. The van der Waals surface area contributed by atoms with Crippen LogP contribution in [0.1, 0.15) is 24.2 Å². The van der Waals surface area contributed by atoms with Crippen LogP contribution in [0.25, 0.3) is 0 Å².